The summed E-state index contributed by atoms with van der Waals surface area (Å²) in [5.74, 6) is 0. The highest BCUT2D eigenvalue weighted by atomic mass is 32.2. The molecule has 2 N–H and O–H groups in total. The molecule has 1 aromatic carbocycles. The molecule has 0 fully saturated rings. The molecule has 21 heavy (non-hydrogen) atoms. The summed E-state index contributed by atoms with van der Waals surface area (Å²) in [5, 5.41) is 0. The topological polar surface area (TPSA) is 63.4 Å². The second kappa shape index (κ2) is 6.90. The molecule has 5 heteroatoms. The third-order valence-corrected chi connectivity index (χ3v) is 5.29. The first-order valence-electron chi connectivity index (χ1n) is 7.41. The molecule has 0 aromatic heterocycles. The first-order chi connectivity index (χ1) is 9.62. The fourth-order valence-electron chi connectivity index (χ4n) is 2.31. The second-order valence-corrected chi connectivity index (χ2v) is 8.47. The molecule has 120 valence electrons. The van der Waals surface area contributed by atoms with Gasteiger partial charge in [-0.2, -0.15) is 4.31 Å². The molecule has 0 aliphatic rings. The van der Waals surface area contributed by atoms with Crippen LogP contribution in [0.3, 0.4) is 0 Å². The Hall–Kier alpha value is -0.910. The van der Waals surface area contributed by atoms with Crippen LogP contribution < -0.4 is 5.73 Å². The summed E-state index contributed by atoms with van der Waals surface area (Å²) in [6, 6.07) is 5.45. The van der Waals surface area contributed by atoms with Gasteiger partial charge < -0.3 is 5.73 Å². The predicted octanol–water partition coefficient (Wildman–Crippen LogP) is 2.69. The number of nitrogens with two attached hydrogens (primary N) is 1. The van der Waals surface area contributed by atoms with E-state index in [0.717, 1.165) is 17.5 Å². The molecule has 0 heterocycles. The maximum absolute atomic E-state index is 12.9. The molecule has 4 nitrogen and oxygen atoms in total. The Kier molecular flexibility index (Phi) is 5.96. The van der Waals surface area contributed by atoms with Crippen LogP contribution in [0, 0.1) is 19.3 Å². The van der Waals surface area contributed by atoms with Crippen molar-refractivity contribution < 1.29 is 8.42 Å². The molecule has 0 saturated carbocycles. The summed E-state index contributed by atoms with van der Waals surface area (Å²) >= 11 is 0. The third kappa shape index (κ3) is 4.80. The van der Waals surface area contributed by atoms with Crippen LogP contribution in [0.15, 0.2) is 23.1 Å². The fourth-order valence-corrected chi connectivity index (χ4v) is 4.22. The molecular formula is C16H28N2O2S. The quantitative estimate of drug-likeness (QED) is 0.842. The lowest BCUT2D eigenvalue weighted by molar-refractivity contribution is 0.266. The molecule has 0 saturated heterocycles. The van der Waals surface area contributed by atoms with Crippen molar-refractivity contribution >= 4 is 10.0 Å². The van der Waals surface area contributed by atoms with E-state index in [1.165, 1.54) is 0 Å². The largest absolute Gasteiger partial charge is 0.330 e. The van der Waals surface area contributed by atoms with Gasteiger partial charge in [-0.1, -0.05) is 26.8 Å². The zero-order valence-corrected chi connectivity index (χ0v) is 14.6. The van der Waals surface area contributed by atoms with Crippen molar-refractivity contribution in [1.29, 1.82) is 0 Å². The van der Waals surface area contributed by atoms with Crippen LogP contribution in [0.2, 0.25) is 0 Å². The van der Waals surface area contributed by atoms with Gasteiger partial charge in [-0.15, -0.1) is 0 Å². The van der Waals surface area contributed by atoms with Crippen LogP contribution in [0.4, 0.5) is 0 Å². The van der Waals surface area contributed by atoms with Crippen molar-refractivity contribution in [3.8, 4) is 0 Å². The van der Waals surface area contributed by atoms with Crippen LogP contribution in [0.1, 0.15) is 38.3 Å². The average molecular weight is 312 g/mol. The lowest BCUT2D eigenvalue weighted by Gasteiger charge is -2.31. The zero-order chi connectivity index (χ0) is 16.3. The molecule has 0 aliphatic heterocycles. The molecule has 1 aromatic rings. The molecule has 0 radical (unpaired) electrons. The highest BCUT2D eigenvalue weighted by molar-refractivity contribution is 7.89. The van der Waals surface area contributed by atoms with Gasteiger partial charge in [-0.3, -0.25) is 0 Å². The summed E-state index contributed by atoms with van der Waals surface area (Å²) in [6.07, 6.45) is 0.782. The van der Waals surface area contributed by atoms with Gasteiger partial charge in [0.1, 0.15) is 0 Å². The van der Waals surface area contributed by atoms with Crippen molar-refractivity contribution in [2.24, 2.45) is 11.1 Å². The van der Waals surface area contributed by atoms with Crippen molar-refractivity contribution in [3.05, 3.63) is 29.3 Å². The Morgan fingerprint density at radius 3 is 2.10 bits per heavy atom. The van der Waals surface area contributed by atoms with Gasteiger partial charge >= 0.3 is 0 Å². The van der Waals surface area contributed by atoms with Crippen LogP contribution in [-0.2, 0) is 10.0 Å². The molecule has 0 unspecified atom stereocenters. The minimum Gasteiger partial charge on any atom is -0.330 e. The summed E-state index contributed by atoms with van der Waals surface area (Å²) in [5.41, 5.74) is 7.45. The minimum atomic E-state index is -3.47. The number of hydrogen-bond acceptors (Lipinski definition) is 3. The van der Waals surface area contributed by atoms with Crippen LogP contribution in [-0.4, -0.2) is 32.4 Å². The summed E-state index contributed by atoms with van der Waals surface area (Å²) < 4.78 is 27.4. The van der Waals surface area contributed by atoms with E-state index in [-0.39, 0.29) is 5.41 Å². The SMILES string of the molecule is CCCN(CC(C)(C)CN)S(=O)(=O)c1cc(C)cc(C)c1. The Labute approximate surface area is 129 Å². The third-order valence-electron chi connectivity index (χ3n) is 3.46. The number of aryl methyl sites for hydroxylation is 2. The molecule has 1 rings (SSSR count). The van der Waals surface area contributed by atoms with Crippen molar-refractivity contribution in [2.75, 3.05) is 19.6 Å². The average Bonchev–Trinajstić information content (AvgIpc) is 2.37. The highest BCUT2D eigenvalue weighted by Crippen LogP contribution is 2.23. The lowest BCUT2D eigenvalue weighted by Crippen LogP contribution is -2.42. The van der Waals surface area contributed by atoms with Gasteiger partial charge in [0.05, 0.1) is 4.90 Å². The molecule has 0 amide bonds. The Balaban J connectivity index is 3.21. The maximum Gasteiger partial charge on any atom is 0.243 e. The Morgan fingerprint density at radius 1 is 1.14 bits per heavy atom. The molecule has 0 bridgehead atoms. The van der Waals surface area contributed by atoms with Gasteiger partial charge in [-0.05, 0) is 55.5 Å². The van der Waals surface area contributed by atoms with E-state index in [4.69, 9.17) is 5.73 Å². The minimum absolute atomic E-state index is 0.235. The number of rotatable bonds is 7. The van der Waals surface area contributed by atoms with E-state index >= 15 is 0 Å². The van der Waals surface area contributed by atoms with Crippen LogP contribution in [0.25, 0.3) is 0 Å². The highest BCUT2D eigenvalue weighted by Gasteiger charge is 2.29. The number of sulfonamides is 1. The van der Waals surface area contributed by atoms with E-state index in [1.807, 2.05) is 40.7 Å². The van der Waals surface area contributed by atoms with Crippen LogP contribution >= 0.6 is 0 Å². The molecular weight excluding hydrogens is 284 g/mol. The maximum atomic E-state index is 12.9. The molecule has 0 atom stereocenters. The Morgan fingerprint density at radius 2 is 1.67 bits per heavy atom. The van der Waals surface area contributed by atoms with Gasteiger partial charge in [0.25, 0.3) is 0 Å². The number of hydrogen-bond donors (Lipinski definition) is 1. The number of benzene rings is 1. The molecule has 0 spiro atoms. The van der Waals surface area contributed by atoms with E-state index in [2.05, 4.69) is 0 Å². The van der Waals surface area contributed by atoms with Crippen molar-refractivity contribution in [2.45, 2.75) is 45.9 Å². The van der Waals surface area contributed by atoms with E-state index in [1.54, 1.807) is 16.4 Å². The predicted molar refractivity (Wildman–Crippen MR) is 87.8 cm³/mol. The van der Waals surface area contributed by atoms with Crippen molar-refractivity contribution in [1.82, 2.24) is 4.31 Å². The van der Waals surface area contributed by atoms with Gasteiger partial charge in [0.2, 0.25) is 10.0 Å². The zero-order valence-electron chi connectivity index (χ0n) is 13.8. The fraction of sp³-hybridized carbons (Fsp3) is 0.625. The van der Waals surface area contributed by atoms with Gasteiger partial charge in [-0.25, -0.2) is 8.42 Å². The normalized spacial score (nSPS) is 12.9. The van der Waals surface area contributed by atoms with Gasteiger partial charge in [0.15, 0.2) is 0 Å². The van der Waals surface area contributed by atoms with E-state index < -0.39 is 10.0 Å². The second-order valence-electron chi connectivity index (χ2n) is 6.53. The summed E-state index contributed by atoms with van der Waals surface area (Å²) in [6.45, 7) is 11.2. The first-order valence-corrected chi connectivity index (χ1v) is 8.85. The molecule has 0 aliphatic carbocycles. The van der Waals surface area contributed by atoms with Gasteiger partial charge in [0, 0.05) is 13.1 Å². The summed E-state index contributed by atoms with van der Waals surface area (Å²) in [4.78, 5) is 0.376. The summed E-state index contributed by atoms with van der Waals surface area (Å²) in [7, 11) is -3.47. The van der Waals surface area contributed by atoms with Crippen molar-refractivity contribution in [3.63, 3.8) is 0 Å². The van der Waals surface area contributed by atoms with E-state index in [9.17, 15) is 8.42 Å². The monoisotopic (exact) mass is 312 g/mol. The Bertz CT molecular complexity index is 560. The first kappa shape index (κ1) is 18.1. The van der Waals surface area contributed by atoms with Crippen LogP contribution in [0.5, 0.6) is 0 Å². The lowest BCUT2D eigenvalue weighted by atomic mass is 9.94. The van der Waals surface area contributed by atoms with E-state index in [0.29, 0.717) is 24.5 Å². The standard InChI is InChI=1S/C16H28N2O2S/c1-6-7-18(12-16(4,5)11-17)21(19,20)15-9-13(2)8-14(3)10-15/h8-10H,6-7,11-12,17H2,1-5H3. The smallest absolute Gasteiger partial charge is 0.243 e. The number of nitrogens with zero attached hydrogens (tertiary/aromatic N) is 1.